The highest BCUT2D eigenvalue weighted by Gasteiger charge is 2.48. The van der Waals surface area contributed by atoms with Gasteiger partial charge in [0.1, 0.15) is 23.1 Å². The molecule has 6 rings (SSSR count). The van der Waals surface area contributed by atoms with Crippen molar-refractivity contribution in [2.75, 3.05) is 13.1 Å². The van der Waals surface area contributed by atoms with Crippen molar-refractivity contribution in [2.24, 2.45) is 0 Å². The number of esters is 1. The fraction of sp³-hybridized carbons (Fsp3) is 0.185. The second kappa shape index (κ2) is 8.94. The molecule has 0 amide bonds. The van der Waals surface area contributed by atoms with Crippen molar-refractivity contribution in [2.45, 2.75) is 23.3 Å². The molecular weight excluding hydrogens is 557 g/mol. The molecule has 3 heterocycles. The molecule has 2 aliphatic rings. The van der Waals surface area contributed by atoms with Gasteiger partial charge in [-0.1, -0.05) is 23.7 Å². The van der Waals surface area contributed by atoms with Crippen LogP contribution in [0.5, 0.6) is 0 Å². The standard InChI is InChI=1S/C27H18ClF3N2O5S/c28-14-1-2-18-19(13-33(22(18)9-14)39(36,37)17-11-15(29)10-16(30)12-17)25(34)24-21(31)4-3-20-23(24)26(35)38-27(20)5-7-32-8-6-27/h1-4,9-13,32H,5-8H2. The summed E-state index contributed by atoms with van der Waals surface area (Å²) in [6, 6.07) is 8.34. The van der Waals surface area contributed by atoms with E-state index >= 15 is 4.39 Å². The number of benzene rings is 3. The molecule has 7 nitrogen and oxygen atoms in total. The van der Waals surface area contributed by atoms with Crippen LogP contribution in [0.1, 0.15) is 44.7 Å². The van der Waals surface area contributed by atoms with Gasteiger partial charge in [-0.2, -0.15) is 0 Å². The van der Waals surface area contributed by atoms with Crippen molar-refractivity contribution in [3.05, 3.63) is 99.5 Å². The minimum absolute atomic E-state index is 0.0739. The second-order valence-corrected chi connectivity index (χ2v) is 11.7. The lowest BCUT2D eigenvalue weighted by Gasteiger charge is -2.33. The quantitative estimate of drug-likeness (QED) is 0.274. The zero-order valence-corrected chi connectivity index (χ0v) is 21.5. The fourth-order valence-electron chi connectivity index (χ4n) is 5.35. The average Bonchev–Trinajstić information content (AvgIpc) is 3.39. The van der Waals surface area contributed by atoms with Gasteiger partial charge in [-0.15, -0.1) is 0 Å². The van der Waals surface area contributed by atoms with Crippen molar-refractivity contribution < 1.29 is 35.9 Å². The van der Waals surface area contributed by atoms with E-state index in [-0.39, 0.29) is 27.1 Å². The van der Waals surface area contributed by atoms with E-state index in [0.717, 1.165) is 12.3 Å². The van der Waals surface area contributed by atoms with E-state index < -0.39 is 55.3 Å². The Labute approximate surface area is 225 Å². The van der Waals surface area contributed by atoms with Gasteiger partial charge in [0.2, 0.25) is 0 Å². The lowest BCUT2D eigenvalue weighted by atomic mass is 9.82. The first kappa shape index (κ1) is 25.6. The Morgan fingerprint density at radius 2 is 1.69 bits per heavy atom. The van der Waals surface area contributed by atoms with Gasteiger partial charge in [0.15, 0.2) is 5.78 Å². The van der Waals surface area contributed by atoms with Crippen molar-refractivity contribution in [3.63, 3.8) is 0 Å². The Balaban J connectivity index is 1.56. The molecule has 39 heavy (non-hydrogen) atoms. The van der Waals surface area contributed by atoms with E-state index in [1.165, 1.54) is 24.3 Å². The summed E-state index contributed by atoms with van der Waals surface area (Å²) in [5, 5.41) is 3.36. The molecule has 0 bridgehead atoms. The van der Waals surface area contributed by atoms with Crippen molar-refractivity contribution >= 4 is 44.3 Å². The highest BCUT2D eigenvalue weighted by atomic mass is 35.5. The molecule has 3 aromatic carbocycles. The molecule has 1 saturated heterocycles. The molecule has 0 atom stereocenters. The predicted octanol–water partition coefficient (Wildman–Crippen LogP) is 4.93. The molecule has 2 aliphatic heterocycles. The van der Waals surface area contributed by atoms with Crippen LogP contribution < -0.4 is 5.32 Å². The van der Waals surface area contributed by atoms with Crippen LogP contribution >= 0.6 is 11.6 Å². The largest absolute Gasteiger partial charge is 0.450 e. The Kier molecular flexibility index (Phi) is 5.87. The number of hydrogen-bond donors (Lipinski definition) is 1. The van der Waals surface area contributed by atoms with Gasteiger partial charge in [0, 0.05) is 46.6 Å². The number of ketones is 1. The maximum Gasteiger partial charge on any atom is 0.340 e. The molecule has 4 aromatic rings. The summed E-state index contributed by atoms with van der Waals surface area (Å²) in [6.07, 6.45) is 1.80. The van der Waals surface area contributed by atoms with Crippen LogP contribution in [0.4, 0.5) is 13.2 Å². The molecule has 1 aromatic heterocycles. The number of carbonyl (C=O) groups excluding carboxylic acids is 2. The van der Waals surface area contributed by atoms with E-state index in [1.807, 2.05) is 0 Å². The van der Waals surface area contributed by atoms with Crippen LogP contribution in [0.25, 0.3) is 10.9 Å². The summed E-state index contributed by atoms with van der Waals surface area (Å²) < 4.78 is 76.4. The van der Waals surface area contributed by atoms with E-state index in [1.54, 1.807) is 0 Å². The van der Waals surface area contributed by atoms with Crippen molar-refractivity contribution in [1.29, 1.82) is 0 Å². The highest BCUT2D eigenvalue weighted by molar-refractivity contribution is 7.90. The second-order valence-electron chi connectivity index (χ2n) is 9.42. The monoisotopic (exact) mass is 574 g/mol. The normalized spacial score (nSPS) is 16.5. The van der Waals surface area contributed by atoms with E-state index in [4.69, 9.17) is 16.3 Å². The topological polar surface area (TPSA) is 94.5 Å². The Bertz CT molecular complexity index is 1810. The molecule has 0 aliphatic carbocycles. The molecule has 200 valence electrons. The number of nitrogens with one attached hydrogen (secondary N) is 1. The molecule has 12 heteroatoms. The van der Waals surface area contributed by atoms with Crippen LogP contribution in [0.2, 0.25) is 5.02 Å². The van der Waals surface area contributed by atoms with Crippen LogP contribution in [-0.2, 0) is 20.4 Å². The highest BCUT2D eigenvalue weighted by Crippen LogP contribution is 2.45. The SMILES string of the molecule is O=C1OC2(CCNCC2)c2ccc(F)c(C(=O)c3cn(S(=O)(=O)c4cc(F)cc(F)c4)c4cc(Cl)ccc34)c21. The lowest BCUT2D eigenvalue weighted by Crippen LogP contribution is -2.40. The minimum Gasteiger partial charge on any atom is -0.450 e. The van der Waals surface area contributed by atoms with Gasteiger partial charge < -0.3 is 10.1 Å². The fourth-order valence-corrected chi connectivity index (χ4v) is 6.92. The number of halogens is 4. The van der Waals surface area contributed by atoms with Crippen LogP contribution in [0, 0.1) is 17.5 Å². The summed E-state index contributed by atoms with van der Waals surface area (Å²) in [6.45, 7) is 1.11. The Hall–Kier alpha value is -3.67. The van der Waals surface area contributed by atoms with E-state index in [2.05, 4.69) is 5.32 Å². The third-order valence-corrected chi connectivity index (χ3v) is 9.03. The number of nitrogens with zero attached hydrogens (tertiary/aromatic N) is 1. The van der Waals surface area contributed by atoms with Gasteiger partial charge in [0.05, 0.1) is 21.5 Å². The first-order valence-electron chi connectivity index (χ1n) is 11.9. The maximum absolute atomic E-state index is 15.3. The van der Waals surface area contributed by atoms with Crippen LogP contribution in [-0.4, -0.2) is 37.2 Å². The summed E-state index contributed by atoms with van der Waals surface area (Å²) in [7, 11) is -4.64. The molecule has 0 radical (unpaired) electrons. The third-order valence-electron chi connectivity index (χ3n) is 7.15. The molecule has 1 N–H and O–H groups in total. The number of fused-ring (bicyclic) bond motifs is 3. The molecular formula is C27H18ClF3N2O5S. The van der Waals surface area contributed by atoms with Gasteiger partial charge in [-0.25, -0.2) is 30.4 Å². The first-order valence-corrected chi connectivity index (χ1v) is 13.7. The summed E-state index contributed by atoms with van der Waals surface area (Å²) in [5.74, 6) is -5.02. The molecule has 1 spiro atoms. The maximum atomic E-state index is 15.3. The first-order chi connectivity index (χ1) is 18.5. The zero-order valence-electron chi connectivity index (χ0n) is 19.9. The number of piperidine rings is 1. The lowest BCUT2D eigenvalue weighted by molar-refractivity contribution is -0.0242. The average molecular weight is 575 g/mol. The molecule has 0 saturated carbocycles. The summed E-state index contributed by atoms with van der Waals surface area (Å²) >= 11 is 6.11. The number of hydrogen-bond acceptors (Lipinski definition) is 6. The van der Waals surface area contributed by atoms with Gasteiger partial charge in [-0.05, 0) is 43.4 Å². The van der Waals surface area contributed by atoms with Gasteiger partial charge in [0.25, 0.3) is 10.0 Å². The summed E-state index contributed by atoms with van der Waals surface area (Å²) in [4.78, 5) is 26.2. The van der Waals surface area contributed by atoms with E-state index in [9.17, 15) is 26.8 Å². The Morgan fingerprint density at radius 3 is 2.38 bits per heavy atom. The number of aromatic nitrogens is 1. The smallest absolute Gasteiger partial charge is 0.340 e. The van der Waals surface area contributed by atoms with Crippen LogP contribution in [0.15, 0.2) is 59.6 Å². The number of rotatable bonds is 4. The molecule has 1 fully saturated rings. The molecule has 0 unspecified atom stereocenters. The third kappa shape index (κ3) is 3.95. The minimum atomic E-state index is -4.64. The number of ether oxygens (including phenoxy) is 1. The van der Waals surface area contributed by atoms with Crippen molar-refractivity contribution in [3.8, 4) is 0 Å². The van der Waals surface area contributed by atoms with Crippen LogP contribution in [0.3, 0.4) is 0 Å². The zero-order chi connectivity index (χ0) is 27.7. The van der Waals surface area contributed by atoms with Gasteiger partial charge in [-0.3, -0.25) is 4.79 Å². The Morgan fingerprint density at radius 1 is 1.00 bits per heavy atom. The number of carbonyl (C=O) groups is 2. The van der Waals surface area contributed by atoms with E-state index in [0.29, 0.717) is 53.7 Å². The van der Waals surface area contributed by atoms with Gasteiger partial charge >= 0.3 is 5.97 Å². The van der Waals surface area contributed by atoms with Crippen molar-refractivity contribution in [1.82, 2.24) is 9.29 Å². The predicted molar refractivity (Wildman–Crippen MR) is 135 cm³/mol. The summed E-state index contributed by atoms with van der Waals surface area (Å²) in [5.41, 5.74) is -1.68.